The molecule has 1 aliphatic rings. The Balaban J connectivity index is 1.78. The van der Waals surface area contributed by atoms with Gasteiger partial charge in [-0.25, -0.2) is 4.79 Å². The van der Waals surface area contributed by atoms with Gasteiger partial charge in [-0.1, -0.05) is 12.1 Å². The van der Waals surface area contributed by atoms with Crippen molar-refractivity contribution in [3.63, 3.8) is 0 Å². The third-order valence-corrected chi connectivity index (χ3v) is 6.34. The number of hydrogen-bond donors (Lipinski definition) is 3. The number of methoxy groups -OCH3 is 3. The Morgan fingerprint density at radius 2 is 1.78 bits per heavy atom. The predicted molar refractivity (Wildman–Crippen MR) is 135 cm³/mol. The normalized spacial score (nSPS) is 17.1. The second kappa shape index (κ2) is 12.4. The van der Waals surface area contributed by atoms with Crippen LogP contribution in [-0.4, -0.2) is 72.9 Å². The molecule has 0 saturated carbocycles. The molecule has 2 atom stereocenters. The molecule has 1 aliphatic heterocycles. The van der Waals surface area contributed by atoms with Gasteiger partial charge in [0.25, 0.3) is 5.91 Å². The van der Waals surface area contributed by atoms with Crippen molar-refractivity contribution >= 4 is 23.9 Å². The van der Waals surface area contributed by atoms with Crippen molar-refractivity contribution in [1.29, 1.82) is 0 Å². The number of aryl methyl sites for hydroxylation is 1. The van der Waals surface area contributed by atoms with Crippen LogP contribution in [0.2, 0.25) is 0 Å². The Labute approximate surface area is 215 Å². The highest BCUT2D eigenvalue weighted by molar-refractivity contribution is 5.98. The number of aliphatic hydroxyl groups is 2. The molecule has 10 heteroatoms. The minimum absolute atomic E-state index is 0.0784. The Morgan fingerprint density at radius 3 is 2.41 bits per heavy atom. The molecule has 0 spiro atoms. The Kier molecular flexibility index (Phi) is 9.26. The van der Waals surface area contributed by atoms with Crippen LogP contribution in [0.25, 0.3) is 6.08 Å². The van der Waals surface area contributed by atoms with Crippen LogP contribution in [0.15, 0.2) is 36.4 Å². The van der Waals surface area contributed by atoms with Gasteiger partial charge in [-0.2, -0.15) is 0 Å². The van der Waals surface area contributed by atoms with Gasteiger partial charge in [-0.05, 0) is 47.9 Å². The second-order valence-electron chi connectivity index (χ2n) is 8.63. The molecule has 3 rings (SSSR count). The Morgan fingerprint density at radius 1 is 1.05 bits per heavy atom. The van der Waals surface area contributed by atoms with E-state index < -0.39 is 30.6 Å². The number of rotatable bonds is 9. The van der Waals surface area contributed by atoms with Crippen molar-refractivity contribution in [3.8, 4) is 11.5 Å². The van der Waals surface area contributed by atoms with E-state index in [2.05, 4.69) is 5.32 Å². The van der Waals surface area contributed by atoms with Crippen molar-refractivity contribution in [1.82, 2.24) is 10.2 Å². The van der Waals surface area contributed by atoms with Crippen LogP contribution in [0.4, 0.5) is 0 Å². The lowest BCUT2D eigenvalue weighted by Crippen LogP contribution is -2.42. The maximum atomic E-state index is 13.4. The minimum Gasteiger partial charge on any atom is -0.496 e. The number of ether oxygens (including phenoxy) is 3. The lowest BCUT2D eigenvalue weighted by Gasteiger charge is -2.23. The number of hydrogen-bond acceptors (Lipinski definition) is 8. The van der Waals surface area contributed by atoms with Crippen LogP contribution in [0.3, 0.4) is 0 Å². The number of aliphatic hydroxyl groups excluding tert-OH is 2. The molecule has 198 valence electrons. The van der Waals surface area contributed by atoms with Crippen LogP contribution in [-0.2, 0) is 27.5 Å². The summed E-state index contributed by atoms with van der Waals surface area (Å²) in [5, 5.41) is 22.2. The molecule has 3 N–H and O–H groups in total. The van der Waals surface area contributed by atoms with E-state index in [9.17, 15) is 24.6 Å². The number of carbonyl (C=O) groups excluding carboxylic acids is 3. The van der Waals surface area contributed by atoms with Gasteiger partial charge >= 0.3 is 5.97 Å². The average molecular weight is 513 g/mol. The summed E-state index contributed by atoms with van der Waals surface area (Å²) >= 11 is 0. The lowest BCUT2D eigenvalue weighted by molar-refractivity contribution is -0.145. The summed E-state index contributed by atoms with van der Waals surface area (Å²) in [6.07, 6.45) is 3.21. The minimum atomic E-state index is -0.908. The van der Waals surface area contributed by atoms with Crippen molar-refractivity contribution in [2.75, 3.05) is 27.9 Å². The third kappa shape index (κ3) is 6.28. The fourth-order valence-corrected chi connectivity index (χ4v) is 4.38. The van der Waals surface area contributed by atoms with Gasteiger partial charge < -0.3 is 34.6 Å². The second-order valence-corrected chi connectivity index (χ2v) is 8.63. The maximum absolute atomic E-state index is 13.4. The topological polar surface area (TPSA) is 135 Å². The molecule has 1 fully saturated rings. The highest BCUT2D eigenvalue weighted by Gasteiger charge is 2.41. The molecule has 2 amide bonds. The molecule has 37 heavy (non-hydrogen) atoms. The highest BCUT2D eigenvalue weighted by Crippen LogP contribution is 2.28. The molecule has 1 heterocycles. The summed E-state index contributed by atoms with van der Waals surface area (Å²) in [6, 6.07) is 7.08. The van der Waals surface area contributed by atoms with Crippen LogP contribution in [0, 0.1) is 6.92 Å². The van der Waals surface area contributed by atoms with Crippen molar-refractivity contribution in [2.24, 2.45) is 0 Å². The van der Waals surface area contributed by atoms with Crippen molar-refractivity contribution in [2.45, 2.75) is 38.6 Å². The molecular formula is C27H32N2O8. The number of likely N-dealkylation sites (tertiary alicyclic amines) is 1. The number of esters is 1. The first-order valence-electron chi connectivity index (χ1n) is 11.7. The SMILES string of the molecule is COC(=O)[C@@H]1C[C@@H](NC(=O)/C=C/c2ccc(C)c(OC)c2)CN1C(=O)c1cc(CO)c(CO)c(OC)c1. The monoisotopic (exact) mass is 512 g/mol. The first kappa shape index (κ1) is 27.7. The number of amides is 2. The molecule has 2 aromatic carbocycles. The van der Waals surface area contributed by atoms with Crippen molar-refractivity contribution in [3.05, 3.63) is 64.2 Å². The van der Waals surface area contributed by atoms with E-state index in [0.29, 0.717) is 16.9 Å². The van der Waals surface area contributed by atoms with Gasteiger partial charge in [0.15, 0.2) is 0 Å². The summed E-state index contributed by atoms with van der Waals surface area (Å²) in [4.78, 5) is 39.8. The zero-order chi connectivity index (χ0) is 27.1. The Hall–Kier alpha value is -3.89. The van der Waals surface area contributed by atoms with Gasteiger partial charge in [-0.15, -0.1) is 0 Å². The van der Waals surface area contributed by atoms with Gasteiger partial charge in [0.1, 0.15) is 17.5 Å². The molecule has 0 unspecified atom stereocenters. The van der Waals surface area contributed by atoms with Gasteiger partial charge in [0, 0.05) is 36.2 Å². The predicted octanol–water partition coefficient (Wildman–Crippen LogP) is 1.58. The molecule has 1 saturated heterocycles. The van der Waals surface area contributed by atoms with Gasteiger partial charge in [0.05, 0.1) is 34.5 Å². The van der Waals surface area contributed by atoms with Gasteiger partial charge in [-0.3, -0.25) is 9.59 Å². The molecule has 0 aromatic heterocycles. The van der Waals surface area contributed by atoms with E-state index in [1.54, 1.807) is 13.2 Å². The smallest absolute Gasteiger partial charge is 0.328 e. The highest BCUT2D eigenvalue weighted by atomic mass is 16.5. The van der Waals surface area contributed by atoms with Crippen LogP contribution in [0.1, 0.15) is 39.0 Å². The quantitative estimate of drug-likeness (QED) is 0.341. The molecule has 0 aliphatic carbocycles. The fraction of sp³-hybridized carbons (Fsp3) is 0.370. The summed E-state index contributed by atoms with van der Waals surface area (Å²) in [5.41, 5.74) is 2.64. The third-order valence-electron chi connectivity index (χ3n) is 6.34. The van der Waals surface area contributed by atoms with E-state index in [4.69, 9.17) is 14.2 Å². The number of nitrogens with zero attached hydrogens (tertiary/aromatic N) is 1. The van der Waals surface area contributed by atoms with E-state index in [-0.39, 0.29) is 36.8 Å². The number of benzene rings is 2. The van der Waals surface area contributed by atoms with Crippen LogP contribution < -0.4 is 14.8 Å². The van der Waals surface area contributed by atoms with E-state index in [1.165, 1.54) is 37.3 Å². The first-order chi connectivity index (χ1) is 17.8. The average Bonchev–Trinajstić information content (AvgIpc) is 3.34. The standard InChI is InChI=1S/C27H32N2O8/c1-16-5-6-17(9-23(16)35-2)7-8-25(32)28-20-12-22(27(34)37-4)29(13-20)26(33)18-10-19(14-30)21(15-31)24(11-18)36-3/h5-11,20,22,30-31H,12-15H2,1-4H3,(H,28,32)/b8-7+/t20-,22+/m1/s1. The Bertz CT molecular complexity index is 1170. The summed E-state index contributed by atoms with van der Waals surface area (Å²) in [7, 11) is 4.20. The molecular weight excluding hydrogens is 480 g/mol. The van der Waals surface area contributed by atoms with Gasteiger partial charge in [0.2, 0.25) is 5.91 Å². The maximum Gasteiger partial charge on any atom is 0.328 e. The zero-order valence-electron chi connectivity index (χ0n) is 21.3. The lowest BCUT2D eigenvalue weighted by atomic mass is 10.0. The fourth-order valence-electron chi connectivity index (χ4n) is 4.38. The first-order valence-corrected chi connectivity index (χ1v) is 11.7. The number of carbonyl (C=O) groups is 3. The molecule has 10 nitrogen and oxygen atoms in total. The summed E-state index contributed by atoms with van der Waals surface area (Å²) in [6.45, 7) is 1.21. The van der Waals surface area contributed by atoms with E-state index in [1.807, 2.05) is 25.1 Å². The van der Waals surface area contributed by atoms with E-state index in [0.717, 1.165) is 11.1 Å². The molecule has 0 bridgehead atoms. The largest absolute Gasteiger partial charge is 0.496 e. The molecule has 0 radical (unpaired) electrons. The van der Waals surface area contributed by atoms with Crippen LogP contribution >= 0.6 is 0 Å². The van der Waals surface area contributed by atoms with Crippen LogP contribution in [0.5, 0.6) is 11.5 Å². The molecule has 2 aromatic rings. The van der Waals surface area contributed by atoms with E-state index >= 15 is 0 Å². The summed E-state index contributed by atoms with van der Waals surface area (Å²) in [5.74, 6) is -0.519. The summed E-state index contributed by atoms with van der Waals surface area (Å²) < 4.78 is 15.5. The van der Waals surface area contributed by atoms with Crippen molar-refractivity contribution < 1.29 is 38.8 Å². The number of nitrogens with one attached hydrogen (secondary N) is 1. The zero-order valence-corrected chi connectivity index (χ0v) is 21.3.